The van der Waals surface area contributed by atoms with Gasteiger partial charge in [0.2, 0.25) is 0 Å². The second-order valence-corrected chi connectivity index (χ2v) is 20.6. The van der Waals surface area contributed by atoms with Gasteiger partial charge in [-0.15, -0.1) is 6.58 Å². The Hall–Kier alpha value is -0.206. The highest BCUT2D eigenvalue weighted by molar-refractivity contribution is 6.74. The minimum absolute atomic E-state index is 0.0788. The number of hydrogen-bond donors (Lipinski definition) is 1. The van der Waals surface area contributed by atoms with E-state index in [4.69, 9.17) is 8.85 Å². The first-order valence-corrected chi connectivity index (χ1v) is 16.0. The van der Waals surface area contributed by atoms with Crippen LogP contribution < -0.4 is 0 Å². The fourth-order valence-corrected chi connectivity index (χ4v) is 4.65. The van der Waals surface area contributed by atoms with Crippen LogP contribution in [0.5, 0.6) is 0 Å². The Morgan fingerprint density at radius 1 is 1.00 bits per heavy atom. The van der Waals surface area contributed by atoms with Gasteiger partial charge >= 0.3 is 0 Å². The highest BCUT2D eigenvalue weighted by Crippen LogP contribution is 2.39. The maximum Gasteiger partial charge on any atom is 0.192 e. The summed E-state index contributed by atoms with van der Waals surface area (Å²) >= 11 is 0. The molecular weight excluding hydrogens is 368 g/mol. The van der Waals surface area contributed by atoms with Crippen LogP contribution in [0, 0.1) is 5.92 Å². The van der Waals surface area contributed by atoms with Gasteiger partial charge in [0.05, 0.1) is 18.8 Å². The molecule has 0 spiro atoms. The van der Waals surface area contributed by atoms with Crippen LogP contribution in [0.25, 0.3) is 0 Å². The van der Waals surface area contributed by atoms with Gasteiger partial charge in [0.25, 0.3) is 0 Å². The summed E-state index contributed by atoms with van der Waals surface area (Å²) in [4.78, 5) is 0. The van der Waals surface area contributed by atoms with Crippen LogP contribution in [-0.4, -0.2) is 40.6 Å². The molecule has 0 unspecified atom stereocenters. The summed E-state index contributed by atoms with van der Waals surface area (Å²) in [5.74, 6) is 0.0788. The molecule has 0 saturated carbocycles. The third-order valence-electron chi connectivity index (χ3n) is 6.35. The molecule has 3 atom stereocenters. The molecule has 0 radical (unpaired) electrons. The van der Waals surface area contributed by atoms with Crippen molar-refractivity contribution in [3.8, 4) is 0 Å². The van der Waals surface area contributed by atoms with E-state index in [1.165, 1.54) is 5.57 Å². The van der Waals surface area contributed by atoms with Crippen molar-refractivity contribution in [1.82, 2.24) is 0 Å². The Morgan fingerprint density at radius 3 is 1.81 bits per heavy atom. The first kappa shape index (κ1) is 26.8. The molecule has 0 amide bonds. The van der Waals surface area contributed by atoms with Crippen molar-refractivity contribution in [2.75, 3.05) is 6.61 Å². The van der Waals surface area contributed by atoms with Gasteiger partial charge < -0.3 is 14.0 Å². The molecule has 3 nitrogen and oxygen atoms in total. The third kappa shape index (κ3) is 7.97. The molecule has 0 bridgehead atoms. The zero-order valence-corrected chi connectivity index (χ0v) is 22.1. The smallest absolute Gasteiger partial charge is 0.192 e. The molecule has 0 heterocycles. The van der Waals surface area contributed by atoms with E-state index in [1.807, 2.05) is 0 Å². The summed E-state index contributed by atoms with van der Waals surface area (Å²) in [5.41, 5.74) is 1.19. The van der Waals surface area contributed by atoms with Crippen LogP contribution in [0.1, 0.15) is 55.4 Å². The molecule has 5 heteroatoms. The summed E-state index contributed by atoms with van der Waals surface area (Å²) in [6.07, 6.45) is 2.81. The normalized spacial score (nSPS) is 18.2. The van der Waals surface area contributed by atoms with Gasteiger partial charge in [-0.05, 0) is 43.2 Å². The zero-order chi connectivity index (χ0) is 21.8. The predicted octanol–water partition coefficient (Wildman–Crippen LogP) is 6.53. The Labute approximate surface area is 171 Å². The molecule has 27 heavy (non-hydrogen) atoms. The molecule has 1 N–H and O–H groups in total. The van der Waals surface area contributed by atoms with Crippen molar-refractivity contribution >= 4 is 16.6 Å². The molecule has 0 aromatic heterocycles. The van der Waals surface area contributed by atoms with Crippen LogP contribution in [0.15, 0.2) is 24.3 Å². The molecule has 0 aromatic rings. The number of rotatable bonds is 9. The van der Waals surface area contributed by atoms with Crippen LogP contribution in [0.2, 0.25) is 36.3 Å². The Balaban J connectivity index is 5.32. The Morgan fingerprint density at radius 2 is 1.44 bits per heavy atom. The fraction of sp³-hybridized carbons (Fsp3) is 0.818. The number of aliphatic hydroxyl groups is 1. The second kappa shape index (κ2) is 9.53. The standard InChI is InChI=1S/C22H46O3Si2/c1-14-19(23)20(25-27(12,13)22(7,8)9)18(3)15-17(2)16-24-26(10,11)21(4,5)6/h14-15,18-20,23H,1,16H2,2-13H3/b17-15-/t18-,19+,20+/m1/s1. The second-order valence-electron chi connectivity index (χ2n) is 11.0. The van der Waals surface area contributed by atoms with Gasteiger partial charge in [0.1, 0.15) is 0 Å². The number of aliphatic hydroxyl groups excluding tert-OH is 1. The lowest BCUT2D eigenvalue weighted by molar-refractivity contribution is 0.0342. The predicted molar refractivity (Wildman–Crippen MR) is 124 cm³/mol. The third-order valence-corrected chi connectivity index (χ3v) is 15.3. The maximum atomic E-state index is 10.5. The van der Waals surface area contributed by atoms with Crippen molar-refractivity contribution in [3.05, 3.63) is 24.3 Å². The summed E-state index contributed by atoms with van der Waals surface area (Å²) in [6, 6.07) is 0. The van der Waals surface area contributed by atoms with Gasteiger partial charge in [-0.2, -0.15) is 0 Å². The molecule has 0 fully saturated rings. The minimum Gasteiger partial charge on any atom is -0.413 e. The van der Waals surface area contributed by atoms with E-state index >= 15 is 0 Å². The average molecular weight is 415 g/mol. The fourth-order valence-electron chi connectivity index (χ4n) is 2.24. The van der Waals surface area contributed by atoms with Gasteiger partial charge in [-0.25, -0.2) is 0 Å². The molecule has 0 saturated heterocycles. The van der Waals surface area contributed by atoms with E-state index in [1.54, 1.807) is 6.08 Å². The lowest BCUT2D eigenvalue weighted by Crippen LogP contribution is -2.48. The molecule has 160 valence electrons. The van der Waals surface area contributed by atoms with E-state index < -0.39 is 22.7 Å². The molecular formula is C22H46O3Si2. The first-order chi connectivity index (χ1) is 11.9. The largest absolute Gasteiger partial charge is 0.413 e. The van der Waals surface area contributed by atoms with Crippen molar-refractivity contribution in [3.63, 3.8) is 0 Å². The number of hydrogen-bond acceptors (Lipinski definition) is 3. The maximum absolute atomic E-state index is 10.5. The van der Waals surface area contributed by atoms with Crippen LogP contribution in [0.3, 0.4) is 0 Å². The average Bonchev–Trinajstić information content (AvgIpc) is 2.47. The minimum atomic E-state index is -2.00. The van der Waals surface area contributed by atoms with Crippen molar-refractivity contribution in [1.29, 1.82) is 0 Å². The van der Waals surface area contributed by atoms with Crippen molar-refractivity contribution in [2.45, 2.75) is 104 Å². The van der Waals surface area contributed by atoms with E-state index in [2.05, 4.69) is 94.2 Å². The molecule has 0 aromatic carbocycles. The van der Waals surface area contributed by atoms with E-state index in [0.717, 1.165) is 0 Å². The molecule has 0 rings (SSSR count). The highest BCUT2D eigenvalue weighted by atomic mass is 28.4. The van der Waals surface area contributed by atoms with Gasteiger partial charge in [-0.3, -0.25) is 0 Å². The summed E-state index contributed by atoms with van der Waals surface area (Å²) in [7, 11) is -3.76. The summed E-state index contributed by atoms with van der Waals surface area (Å²) in [5, 5.41) is 10.8. The first-order valence-electron chi connectivity index (χ1n) is 10.2. The van der Waals surface area contributed by atoms with Crippen LogP contribution in [-0.2, 0) is 8.85 Å². The monoisotopic (exact) mass is 414 g/mol. The van der Waals surface area contributed by atoms with Crippen molar-refractivity contribution < 1.29 is 14.0 Å². The lowest BCUT2D eigenvalue weighted by Gasteiger charge is -2.41. The highest BCUT2D eigenvalue weighted by Gasteiger charge is 2.41. The summed E-state index contributed by atoms with van der Waals surface area (Å²) < 4.78 is 12.9. The van der Waals surface area contributed by atoms with Crippen LogP contribution >= 0.6 is 0 Å². The molecule has 0 aliphatic carbocycles. The zero-order valence-electron chi connectivity index (χ0n) is 20.1. The Bertz CT molecular complexity index is 511. The molecule has 0 aliphatic rings. The van der Waals surface area contributed by atoms with Crippen molar-refractivity contribution in [2.24, 2.45) is 5.92 Å². The van der Waals surface area contributed by atoms with Gasteiger partial charge in [0, 0.05) is 5.92 Å². The van der Waals surface area contributed by atoms with E-state index in [9.17, 15) is 5.11 Å². The Kier molecular flexibility index (Phi) is 9.46. The van der Waals surface area contributed by atoms with Gasteiger partial charge in [0.15, 0.2) is 16.6 Å². The van der Waals surface area contributed by atoms with Crippen LogP contribution in [0.4, 0.5) is 0 Å². The quantitative estimate of drug-likeness (QED) is 0.344. The SMILES string of the molecule is C=C[C@H](O)[C@@H](O[Si](C)(C)C(C)(C)C)[C@H](C)/C=C(/C)CO[Si](C)(C)C(C)(C)C. The van der Waals surface area contributed by atoms with Gasteiger partial charge in [-0.1, -0.05) is 66.2 Å². The van der Waals surface area contributed by atoms with E-state index in [-0.39, 0.29) is 22.1 Å². The lowest BCUT2D eigenvalue weighted by atomic mass is 9.97. The summed E-state index contributed by atoms with van der Waals surface area (Å²) in [6.45, 7) is 31.0. The van der Waals surface area contributed by atoms with E-state index in [0.29, 0.717) is 6.61 Å². The topological polar surface area (TPSA) is 38.7 Å². The molecule has 0 aliphatic heterocycles.